The fourth-order valence-corrected chi connectivity index (χ4v) is 5.73. The molecule has 3 aromatic rings. The van der Waals surface area contributed by atoms with E-state index in [1.807, 2.05) is 0 Å². The highest BCUT2D eigenvalue weighted by Gasteiger charge is 2.40. The Morgan fingerprint density at radius 2 is 1.97 bits per heavy atom. The third kappa shape index (κ3) is 3.25. The molecule has 1 aliphatic carbocycles. The van der Waals surface area contributed by atoms with E-state index in [1.54, 1.807) is 7.11 Å². The first kappa shape index (κ1) is 19.7. The quantitative estimate of drug-likeness (QED) is 0.490. The number of hydrogen-bond donors (Lipinski definition) is 1. The molecular weight excluding hydrogens is 398 g/mol. The van der Waals surface area contributed by atoms with Gasteiger partial charge < -0.3 is 19.5 Å². The van der Waals surface area contributed by atoms with E-state index in [9.17, 15) is 0 Å². The average molecular weight is 428 g/mol. The summed E-state index contributed by atoms with van der Waals surface area (Å²) in [5.74, 6) is 2.66. The first-order valence-electron chi connectivity index (χ1n) is 11.7. The van der Waals surface area contributed by atoms with Crippen molar-refractivity contribution in [2.45, 2.75) is 37.3 Å². The number of allylic oxidation sites excluding steroid dienone is 2. The molecule has 0 aromatic heterocycles. The van der Waals surface area contributed by atoms with Crippen molar-refractivity contribution in [1.29, 1.82) is 0 Å². The standard InChI is InChI=1S/C28H29NO3/c1-30-24-15-14-18-7-2-3-9-20(18)26(24)28-23-11-4-10-21(23)22-12-5-13-25(27(22)29-28)32-17-19-8-6-16-31-19/h2-5,7,9-10,12-15,19,21,23,28-29H,6,8,11,16-17H2,1H3. The number of fused-ring (bicyclic) bond motifs is 4. The van der Waals surface area contributed by atoms with Gasteiger partial charge in [0, 0.05) is 18.1 Å². The van der Waals surface area contributed by atoms with Gasteiger partial charge in [-0.25, -0.2) is 0 Å². The second-order valence-electron chi connectivity index (χ2n) is 9.04. The van der Waals surface area contributed by atoms with Gasteiger partial charge in [0.2, 0.25) is 0 Å². The van der Waals surface area contributed by atoms with Crippen LogP contribution in [0, 0.1) is 5.92 Å². The third-order valence-electron chi connectivity index (χ3n) is 7.27. The SMILES string of the molecule is COc1ccc2ccccc2c1C1Nc2c(OCC3CCCO3)cccc2C2C=CCC21. The van der Waals surface area contributed by atoms with Crippen molar-refractivity contribution in [3.8, 4) is 11.5 Å². The predicted octanol–water partition coefficient (Wildman–Crippen LogP) is 6.23. The number of para-hydroxylation sites is 1. The number of methoxy groups -OCH3 is 1. The first-order chi connectivity index (χ1) is 15.8. The fourth-order valence-electron chi connectivity index (χ4n) is 5.73. The minimum absolute atomic E-state index is 0.135. The maximum atomic E-state index is 6.32. The topological polar surface area (TPSA) is 39.7 Å². The van der Waals surface area contributed by atoms with Crippen molar-refractivity contribution < 1.29 is 14.2 Å². The van der Waals surface area contributed by atoms with Crippen LogP contribution in [0.4, 0.5) is 5.69 Å². The normalized spacial score (nSPS) is 25.9. The van der Waals surface area contributed by atoms with Gasteiger partial charge in [0.25, 0.3) is 0 Å². The third-order valence-corrected chi connectivity index (χ3v) is 7.27. The average Bonchev–Trinajstić information content (AvgIpc) is 3.54. The summed E-state index contributed by atoms with van der Waals surface area (Å²) in [6.45, 7) is 1.45. The Bertz CT molecular complexity index is 1160. The summed E-state index contributed by atoms with van der Waals surface area (Å²) in [7, 11) is 1.77. The number of nitrogens with one attached hydrogen (secondary N) is 1. The zero-order valence-electron chi connectivity index (χ0n) is 18.4. The number of anilines is 1. The Labute approximate surface area is 189 Å². The number of rotatable bonds is 5. The lowest BCUT2D eigenvalue weighted by atomic mass is 9.75. The van der Waals surface area contributed by atoms with Crippen LogP contribution >= 0.6 is 0 Å². The van der Waals surface area contributed by atoms with Crippen molar-refractivity contribution in [2.75, 3.05) is 25.6 Å². The van der Waals surface area contributed by atoms with Crippen LogP contribution in [0.15, 0.2) is 66.7 Å². The van der Waals surface area contributed by atoms with Gasteiger partial charge in [-0.15, -0.1) is 0 Å². The maximum absolute atomic E-state index is 6.32. The predicted molar refractivity (Wildman–Crippen MR) is 128 cm³/mol. The highest BCUT2D eigenvalue weighted by atomic mass is 16.5. The molecular formula is C28H29NO3. The van der Waals surface area contributed by atoms with Gasteiger partial charge in [-0.05, 0) is 53.6 Å². The number of ether oxygens (including phenoxy) is 3. The molecule has 0 amide bonds. The summed E-state index contributed by atoms with van der Waals surface area (Å²) >= 11 is 0. The molecule has 6 rings (SSSR count). The molecule has 4 nitrogen and oxygen atoms in total. The Hall–Kier alpha value is -2.98. The molecule has 1 fully saturated rings. The van der Waals surface area contributed by atoms with Crippen molar-refractivity contribution in [2.24, 2.45) is 5.92 Å². The lowest BCUT2D eigenvalue weighted by Crippen LogP contribution is -2.30. The highest BCUT2D eigenvalue weighted by molar-refractivity contribution is 5.89. The molecule has 0 spiro atoms. The van der Waals surface area contributed by atoms with Gasteiger partial charge in [0.1, 0.15) is 18.1 Å². The Balaban J connectivity index is 1.43. The van der Waals surface area contributed by atoms with E-state index in [-0.39, 0.29) is 12.1 Å². The van der Waals surface area contributed by atoms with E-state index >= 15 is 0 Å². The van der Waals surface area contributed by atoms with Crippen molar-refractivity contribution >= 4 is 16.5 Å². The largest absolute Gasteiger partial charge is 0.496 e. The summed E-state index contributed by atoms with van der Waals surface area (Å²) in [6.07, 6.45) is 8.15. The van der Waals surface area contributed by atoms with Gasteiger partial charge in [-0.1, -0.05) is 54.6 Å². The van der Waals surface area contributed by atoms with Gasteiger partial charge in [0.05, 0.1) is 24.9 Å². The van der Waals surface area contributed by atoms with E-state index in [2.05, 4.69) is 72.1 Å². The van der Waals surface area contributed by atoms with Crippen LogP contribution in [0.3, 0.4) is 0 Å². The first-order valence-corrected chi connectivity index (χ1v) is 11.7. The van der Waals surface area contributed by atoms with E-state index < -0.39 is 0 Å². The Morgan fingerprint density at radius 3 is 2.84 bits per heavy atom. The minimum atomic E-state index is 0.135. The number of hydrogen-bond acceptors (Lipinski definition) is 4. The smallest absolute Gasteiger partial charge is 0.142 e. The van der Waals surface area contributed by atoms with Gasteiger partial charge >= 0.3 is 0 Å². The number of benzene rings is 3. The zero-order valence-corrected chi connectivity index (χ0v) is 18.4. The summed E-state index contributed by atoms with van der Waals surface area (Å²) in [5.41, 5.74) is 3.67. The molecule has 0 saturated carbocycles. The maximum Gasteiger partial charge on any atom is 0.142 e. The molecule has 0 radical (unpaired) electrons. The van der Waals surface area contributed by atoms with Crippen LogP contribution in [-0.4, -0.2) is 26.4 Å². The second-order valence-corrected chi connectivity index (χ2v) is 9.04. The second kappa shape index (κ2) is 8.18. The molecule has 2 heterocycles. The zero-order chi connectivity index (χ0) is 21.5. The molecule has 4 unspecified atom stereocenters. The summed E-state index contributed by atoms with van der Waals surface area (Å²) in [5, 5.41) is 6.39. The van der Waals surface area contributed by atoms with Crippen LogP contribution in [0.2, 0.25) is 0 Å². The molecule has 4 atom stereocenters. The van der Waals surface area contributed by atoms with Crippen LogP contribution in [-0.2, 0) is 4.74 Å². The van der Waals surface area contributed by atoms with Crippen LogP contribution in [0.5, 0.6) is 11.5 Å². The molecule has 1 saturated heterocycles. The summed E-state index contributed by atoms with van der Waals surface area (Å²) in [6, 6.07) is 19.4. The minimum Gasteiger partial charge on any atom is -0.496 e. The summed E-state index contributed by atoms with van der Waals surface area (Å²) in [4.78, 5) is 0. The molecule has 3 aromatic carbocycles. The van der Waals surface area contributed by atoms with Gasteiger partial charge in [-0.2, -0.15) is 0 Å². The van der Waals surface area contributed by atoms with E-state index in [0.29, 0.717) is 18.4 Å². The van der Waals surface area contributed by atoms with Gasteiger partial charge in [-0.3, -0.25) is 0 Å². The van der Waals surface area contributed by atoms with Crippen molar-refractivity contribution in [3.05, 3.63) is 77.9 Å². The van der Waals surface area contributed by atoms with E-state index in [1.165, 1.54) is 21.9 Å². The van der Waals surface area contributed by atoms with Crippen molar-refractivity contribution in [1.82, 2.24) is 0 Å². The molecule has 4 heteroatoms. The molecule has 0 bridgehead atoms. The van der Waals surface area contributed by atoms with Crippen LogP contribution in [0.25, 0.3) is 10.8 Å². The lowest BCUT2D eigenvalue weighted by Gasteiger charge is -2.39. The molecule has 2 aliphatic heterocycles. The van der Waals surface area contributed by atoms with E-state index in [4.69, 9.17) is 14.2 Å². The molecule has 164 valence electrons. The van der Waals surface area contributed by atoms with Crippen molar-refractivity contribution in [3.63, 3.8) is 0 Å². The Kier molecular flexibility index (Phi) is 5.03. The van der Waals surface area contributed by atoms with Crippen LogP contribution < -0.4 is 14.8 Å². The monoisotopic (exact) mass is 427 g/mol. The molecule has 3 aliphatic rings. The highest BCUT2D eigenvalue weighted by Crippen LogP contribution is 2.54. The fraction of sp³-hybridized carbons (Fsp3) is 0.357. The van der Waals surface area contributed by atoms with Crippen LogP contribution in [0.1, 0.15) is 42.3 Å². The molecule has 32 heavy (non-hydrogen) atoms. The molecule has 1 N–H and O–H groups in total. The van der Waals surface area contributed by atoms with Gasteiger partial charge in [0.15, 0.2) is 0 Å². The van der Waals surface area contributed by atoms with E-state index in [0.717, 1.165) is 43.1 Å². The Morgan fingerprint density at radius 1 is 1.03 bits per heavy atom. The lowest BCUT2D eigenvalue weighted by molar-refractivity contribution is 0.0681. The summed E-state index contributed by atoms with van der Waals surface area (Å²) < 4.78 is 18.0.